The third-order valence-electron chi connectivity index (χ3n) is 3.31. The van der Waals surface area contributed by atoms with Crippen molar-refractivity contribution in [1.29, 1.82) is 0 Å². The summed E-state index contributed by atoms with van der Waals surface area (Å²) in [5.41, 5.74) is 1.73. The number of benzene rings is 2. The van der Waals surface area contributed by atoms with Gasteiger partial charge < -0.3 is 9.64 Å². The van der Waals surface area contributed by atoms with Crippen LogP contribution in [0.3, 0.4) is 0 Å². The zero-order valence-electron chi connectivity index (χ0n) is 16.1. The van der Waals surface area contributed by atoms with Gasteiger partial charge in [0.15, 0.2) is 0 Å². The van der Waals surface area contributed by atoms with Gasteiger partial charge in [-0.05, 0) is 55.3 Å². The summed E-state index contributed by atoms with van der Waals surface area (Å²) in [6.07, 6.45) is -2.70. The van der Waals surface area contributed by atoms with Crippen LogP contribution in [0.5, 0.6) is 11.5 Å². The number of hydrogen-bond acceptors (Lipinski definition) is 4. The molecule has 160 valence electrons. The van der Waals surface area contributed by atoms with Crippen LogP contribution in [-0.2, 0) is 16.6 Å². The average Bonchev–Trinajstić information content (AvgIpc) is 2.54. The van der Waals surface area contributed by atoms with Gasteiger partial charge >= 0.3 is 16.6 Å². The molecule has 0 spiro atoms. The van der Waals surface area contributed by atoms with E-state index in [1.54, 1.807) is 12.4 Å². The molecule has 11 heteroatoms. The lowest BCUT2D eigenvalue weighted by molar-refractivity contribution is -0.137. The quantitative estimate of drug-likeness (QED) is 0.412. The van der Waals surface area contributed by atoms with Crippen LogP contribution in [0.15, 0.2) is 41.4 Å². The number of nitrogens with zero attached hydrogens (tertiary/aromatic N) is 2. The molecule has 0 aliphatic heterocycles. The lowest BCUT2D eigenvalue weighted by Crippen LogP contribution is -2.07. The zero-order chi connectivity index (χ0) is 22.4. The van der Waals surface area contributed by atoms with Crippen LogP contribution in [0.2, 0.25) is 0 Å². The van der Waals surface area contributed by atoms with E-state index in [9.17, 15) is 13.2 Å². The van der Waals surface area contributed by atoms with Gasteiger partial charge in [0.25, 0.3) is 0 Å². The second-order valence-electron chi connectivity index (χ2n) is 6.19. The van der Waals surface area contributed by atoms with Crippen molar-refractivity contribution in [3.05, 3.63) is 53.1 Å². The number of halogens is 3. The Labute approximate surface area is 167 Å². The monoisotopic (exact) mass is 434 g/mol. The second-order valence-corrected chi connectivity index (χ2v) is 7.08. The Balaban J connectivity index is 0.000000749. The minimum atomic E-state index is -4.67. The first-order valence-corrected chi connectivity index (χ1v) is 9.43. The molecule has 0 aliphatic carbocycles. The highest BCUT2D eigenvalue weighted by molar-refractivity contribution is 7.79. The summed E-state index contributed by atoms with van der Waals surface area (Å²) in [5, 5.41) is 0. The lowest BCUT2D eigenvalue weighted by atomic mass is 10.1. The molecule has 0 saturated carbocycles. The third-order valence-corrected chi connectivity index (χ3v) is 3.31. The predicted molar refractivity (Wildman–Crippen MR) is 103 cm³/mol. The molecule has 0 heterocycles. The molecule has 29 heavy (non-hydrogen) atoms. The molecule has 0 radical (unpaired) electrons. The van der Waals surface area contributed by atoms with Crippen LogP contribution in [0.1, 0.15) is 16.7 Å². The van der Waals surface area contributed by atoms with Gasteiger partial charge in [-0.25, -0.2) is 4.99 Å². The van der Waals surface area contributed by atoms with E-state index in [1.165, 1.54) is 12.1 Å². The third kappa shape index (κ3) is 9.41. The first-order chi connectivity index (χ1) is 13.2. The summed E-state index contributed by atoms with van der Waals surface area (Å²) in [4.78, 5) is 6.18. The topological polar surface area (TPSA) is 99.4 Å². The van der Waals surface area contributed by atoms with Gasteiger partial charge in [0, 0.05) is 14.1 Å². The van der Waals surface area contributed by atoms with Crippen molar-refractivity contribution in [2.24, 2.45) is 4.99 Å². The van der Waals surface area contributed by atoms with Gasteiger partial charge in [-0.1, -0.05) is 6.07 Å². The molecule has 2 aromatic carbocycles. The fourth-order valence-corrected chi connectivity index (χ4v) is 2.06. The smallest absolute Gasteiger partial charge is 0.416 e. The largest absolute Gasteiger partial charge is 0.457 e. The molecule has 2 N–H and O–H groups in total. The van der Waals surface area contributed by atoms with E-state index in [-0.39, 0.29) is 5.75 Å². The molecule has 7 nitrogen and oxygen atoms in total. The molecule has 0 fully saturated rings. The van der Waals surface area contributed by atoms with Crippen molar-refractivity contribution in [3.63, 3.8) is 0 Å². The van der Waals surface area contributed by atoms with Crippen LogP contribution in [0.25, 0.3) is 0 Å². The summed E-state index contributed by atoms with van der Waals surface area (Å²) in [5.74, 6) is 0.660. The van der Waals surface area contributed by atoms with Gasteiger partial charge in [-0.3, -0.25) is 9.11 Å². The Morgan fingerprint density at radius 2 is 1.66 bits per heavy atom. The molecule has 0 aliphatic rings. The van der Waals surface area contributed by atoms with Gasteiger partial charge in [0.1, 0.15) is 11.5 Å². The minimum absolute atomic E-state index is 0.150. The Kier molecular flexibility index (Phi) is 8.18. The number of ether oxygens (including phenoxy) is 1. The molecule has 0 amide bonds. The van der Waals surface area contributed by atoms with Crippen molar-refractivity contribution in [2.45, 2.75) is 20.0 Å². The molecule has 0 atom stereocenters. The van der Waals surface area contributed by atoms with E-state index in [0.29, 0.717) is 5.75 Å². The van der Waals surface area contributed by atoms with E-state index in [2.05, 4.69) is 4.99 Å². The summed E-state index contributed by atoms with van der Waals surface area (Å²) in [7, 11) is -0.923. The van der Waals surface area contributed by atoms with Gasteiger partial charge in [0.2, 0.25) is 0 Å². The van der Waals surface area contributed by atoms with E-state index in [4.69, 9.17) is 22.3 Å². The summed E-state index contributed by atoms with van der Waals surface area (Å²) >= 11 is 0. The predicted octanol–water partition coefficient (Wildman–Crippen LogP) is 4.68. The summed E-state index contributed by atoms with van der Waals surface area (Å²) < 4.78 is 75.6. The van der Waals surface area contributed by atoms with Crippen LogP contribution in [0.4, 0.5) is 18.9 Å². The highest BCUT2D eigenvalue weighted by Gasteiger charge is 2.30. The molecular formula is C18H21F3N2O5S. The zero-order valence-corrected chi connectivity index (χ0v) is 16.9. The molecule has 2 aromatic rings. The molecule has 0 aromatic heterocycles. The molecule has 2 rings (SSSR count). The standard InChI is InChI=1S/C18H19F3N2O.H2O4S/c1-12-9-17(13(2)8-16(12)22-11-23(3)4)24-15-7-5-6-14(10-15)18(19,20)21;1-5(2,3)4/h5-11H,1-4H3;(H2,1,2,3,4)/b22-11+;. The average molecular weight is 434 g/mol. The Bertz CT molecular complexity index is 966. The maximum Gasteiger partial charge on any atom is 0.416 e. The van der Waals surface area contributed by atoms with Crippen molar-refractivity contribution in [1.82, 2.24) is 4.90 Å². The molecule has 0 bridgehead atoms. The highest BCUT2D eigenvalue weighted by Crippen LogP contribution is 2.35. The normalized spacial score (nSPS) is 11.8. The van der Waals surface area contributed by atoms with Crippen LogP contribution >= 0.6 is 0 Å². The molecule has 0 unspecified atom stereocenters. The summed E-state index contributed by atoms with van der Waals surface area (Å²) in [6.45, 7) is 3.71. The number of rotatable bonds is 4. The summed E-state index contributed by atoms with van der Waals surface area (Å²) in [6, 6.07) is 8.46. The van der Waals surface area contributed by atoms with Crippen molar-refractivity contribution >= 4 is 22.4 Å². The van der Waals surface area contributed by atoms with E-state index >= 15 is 0 Å². The van der Waals surface area contributed by atoms with Crippen LogP contribution in [-0.4, -0.2) is 42.9 Å². The fourth-order valence-electron chi connectivity index (χ4n) is 2.06. The first-order valence-electron chi connectivity index (χ1n) is 8.03. The number of alkyl halides is 3. The Morgan fingerprint density at radius 1 is 1.07 bits per heavy atom. The van der Waals surface area contributed by atoms with Crippen molar-refractivity contribution in [3.8, 4) is 11.5 Å². The van der Waals surface area contributed by atoms with Gasteiger partial charge in [-0.15, -0.1) is 0 Å². The van der Waals surface area contributed by atoms with E-state index in [0.717, 1.165) is 28.9 Å². The van der Waals surface area contributed by atoms with Crippen LogP contribution < -0.4 is 4.74 Å². The van der Waals surface area contributed by atoms with Gasteiger partial charge in [0.05, 0.1) is 17.6 Å². The number of aryl methyl sites for hydroxylation is 2. The van der Waals surface area contributed by atoms with Crippen molar-refractivity contribution < 1.29 is 35.4 Å². The second kappa shape index (κ2) is 9.72. The maximum absolute atomic E-state index is 12.8. The molecular weight excluding hydrogens is 413 g/mol. The number of hydrogen-bond donors (Lipinski definition) is 2. The van der Waals surface area contributed by atoms with Gasteiger partial charge in [-0.2, -0.15) is 21.6 Å². The maximum atomic E-state index is 12.8. The van der Waals surface area contributed by atoms with E-state index < -0.39 is 22.1 Å². The first kappa shape index (κ1) is 24.4. The molecule has 0 saturated heterocycles. The minimum Gasteiger partial charge on any atom is -0.457 e. The fraction of sp³-hybridized carbons (Fsp3) is 0.278. The highest BCUT2D eigenvalue weighted by atomic mass is 32.3. The van der Waals surface area contributed by atoms with Crippen LogP contribution in [0, 0.1) is 13.8 Å². The van der Waals surface area contributed by atoms with E-state index in [1.807, 2.05) is 38.9 Å². The number of aliphatic imine (C=N–C) groups is 1. The SMILES string of the molecule is Cc1cc(Oc2cccc(C(F)(F)F)c2)c(C)cc1/N=C/N(C)C.O=S(=O)(O)O. The Morgan fingerprint density at radius 3 is 2.17 bits per heavy atom. The van der Waals surface area contributed by atoms with Crippen molar-refractivity contribution in [2.75, 3.05) is 14.1 Å². The Hall–Kier alpha value is -2.63. The lowest BCUT2D eigenvalue weighted by Gasteiger charge is -2.13.